The van der Waals surface area contributed by atoms with Gasteiger partial charge in [-0.25, -0.2) is 0 Å². The van der Waals surface area contributed by atoms with Crippen molar-refractivity contribution in [1.82, 2.24) is 0 Å². The Labute approximate surface area is 91.7 Å². The van der Waals surface area contributed by atoms with E-state index in [4.69, 9.17) is 15.2 Å². The van der Waals surface area contributed by atoms with Crippen LogP contribution in [-0.4, -0.2) is 43.7 Å². The first-order valence-electron chi connectivity index (χ1n) is 5.78. The topological polar surface area (TPSA) is 64.7 Å². The molecule has 0 aliphatic heterocycles. The minimum absolute atomic E-state index is 0.00742. The minimum atomic E-state index is -0.523. The summed E-state index contributed by atoms with van der Waals surface area (Å²) in [7, 11) is 0. The molecule has 0 amide bonds. The summed E-state index contributed by atoms with van der Waals surface area (Å²) in [4.78, 5) is 0. The predicted octanol–water partition coefficient (Wildman–Crippen LogP) is 0.529. The van der Waals surface area contributed by atoms with Crippen LogP contribution in [0.25, 0.3) is 0 Å². The molecule has 1 unspecified atom stereocenters. The lowest BCUT2D eigenvalue weighted by molar-refractivity contribution is 0.00853. The van der Waals surface area contributed by atoms with Crippen LogP contribution in [0.4, 0.5) is 0 Å². The van der Waals surface area contributed by atoms with Crippen LogP contribution in [0.5, 0.6) is 0 Å². The third kappa shape index (κ3) is 4.47. The first kappa shape index (κ1) is 12.9. The minimum Gasteiger partial charge on any atom is -0.394 e. The number of hydrogen-bond donors (Lipinski definition) is 2. The van der Waals surface area contributed by atoms with Crippen LogP contribution >= 0.6 is 0 Å². The van der Waals surface area contributed by atoms with Gasteiger partial charge in [0.2, 0.25) is 0 Å². The van der Waals surface area contributed by atoms with Gasteiger partial charge >= 0.3 is 0 Å². The summed E-state index contributed by atoms with van der Waals surface area (Å²) >= 11 is 0. The molecule has 0 radical (unpaired) electrons. The van der Waals surface area contributed by atoms with Gasteiger partial charge in [-0.2, -0.15) is 0 Å². The predicted molar refractivity (Wildman–Crippen MR) is 58.7 cm³/mol. The Morgan fingerprint density at radius 3 is 2.47 bits per heavy atom. The number of rotatable bonds is 9. The number of hydrogen-bond acceptors (Lipinski definition) is 4. The Kier molecular flexibility index (Phi) is 5.53. The zero-order valence-electron chi connectivity index (χ0n) is 9.58. The second kappa shape index (κ2) is 6.43. The molecule has 1 aliphatic carbocycles. The van der Waals surface area contributed by atoms with Crippen molar-refractivity contribution >= 4 is 0 Å². The summed E-state index contributed by atoms with van der Waals surface area (Å²) in [5.74, 6) is 0.444. The van der Waals surface area contributed by atoms with Crippen LogP contribution in [0, 0.1) is 5.92 Å². The molecule has 0 aromatic carbocycles. The fourth-order valence-corrected chi connectivity index (χ4v) is 1.58. The molecule has 0 bridgehead atoms. The Morgan fingerprint density at radius 2 is 1.93 bits per heavy atom. The van der Waals surface area contributed by atoms with E-state index in [9.17, 15) is 5.11 Å². The van der Waals surface area contributed by atoms with Gasteiger partial charge in [-0.05, 0) is 25.2 Å². The maximum atomic E-state index is 9.20. The van der Waals surface area contributed by atoms with Crippen molar-refractivity contribution in [3.63, 3.8) is 0 Å². The van der Waals surface area contributed by atoms with Gasteiger partial charge in [0, 0.05) is 6.61 Å². The highest BCUT2D eigenvalue weighted by Crippen LogP contribution is 2.38. The van der Waals surface area contributed by atoms with E-state index in [0.717, 1.165) is 25.9 Å². The smallest absolute Gasteiger partial charge is 0.0701 e. The summed E-state index contributed by atoms with van der Waals surface area (Å²) in [6.45, 7) is 4.47. The molecule has 1 aliphatic rings. The van der Waals surface area contributed by atoms with Gasteiger partial charge in [-0.15, -0.1) is 0 Å². The molecule has 4 nitrogen and oxygen atoms in total. The quantitative estimate of drug-likeness (QED) is 0.553. The second-order valence-corrected chi connectivity index (χ2v) is 4.33. The van der Waals surface area contributed by atoms with Crippen LogP contribution in [-0.2, 0) is 9.47 Å². The summed E-state index contributed by atoms with van der Waals surface area (Å²) in [6, 6.07) is 0. The molecule has 4 heteroatoms. The number of aliphatic hydroxyl groups is 1. The number of aliphatic hydroxyl groups excluding tert-OH is 1. The largest absolute Gasteiger partial charge is 0.394 e. The maximum Gasteiger partial charge on any atom is 0.0701 e. The molecule has 1 atom stereocenters. The van der Waals surface area contributed by atoms with E-state index in [1.54, 1.807) is 0 Å². The van der Waals surface area contributed by atoms with E-state index in [1.165, 1.54) is 0 Å². The summed E-state index contributed by atoms with van der Waals surface area (Å²) in [5, 5.41) is 9.20. The van der Waals surface area contributed by atoms with Crippen LogP contribution in [0.1, 0.15) is 26.2 Å². The highest BCUT2D eigenvalue weighted by Gasteiger charge is 2.41. The van der Waals surface area contributed by atoms with Crippen molar-refractivity contribution in [3.05, 3.63) is 0 Å². The molecule has 1 saturated carbocycles. The summed E-state index contributed by atoms with van der Waals surface area (Å²) < 4.78 is 10.7. The van der Waals surface area contributed by atoms with Crippen LogP contribution < -0.4 is 5.73 Å². The lowest BCUT2D eigenvalue weighted by Gasteiger charge is -2.26. The third-order valence-corrected chi connectivity index (χ3v) is 2.78. The van der Waals surface area contributed by atoms with Gasteiger partial charge in [-0.1, -0.05) is 6.92 Å². The average molecular weight is 217 g/mol. The Morgan fingerprint density at radius 1 is 1.27 bits per heavy atom. The van der Waals surface area contributed by atoms with E-state index in [2.05, 4.69) is 6.92 Å². The normalized spacial score (nSPS) is 20.2. The van der Waals surface area contributed by atoms with Gasteiger partial charge < -0.3 is 20.3 Å². The molecular weight excluding hydrogens is 194 g/mol. The summed E-state index contributed by atoms with van der Waals surface area (Å²) in [6.07, 6.45) is 3.26. The van der Waals surface area contributed by atoms with Crippen LogP contribution in [0.2, 0.25) is 0 Å². The molecular formula is C11H23NO3. The standard InChI is InChI=1S/C11H23NO3/c1-2-5-14-6-7-15-9-11(12,8-13)10-3-4-10/h10,13H,2-9,12H2,1H3. The molecule has 0 spiro atoms. The fraction of sp³-hybridized carbons (Fsp3) is 1.00. The van der Waals surface area contributed by atoms with Crippen LogP contribution in [0.3, 0.4) is 0 Å². The fourth-order valence-electron chi connectivity index (χ4n) is 1.58. The number of ether oxygens (including phenoxy) is 2. The molecule has 0 heterocycles. The van der Waals surface area contributed by atoms with Crippen molar-refractivity contribution in [2.75, 3.05) is 33.0 Å². The van der Waals surface area contributed by atoms with E-state index in [-0.39, 0.29) is 6.61 Å². The van der Waals surface area contributed by atoms with E-state index in [1.807, 2.05) is 0 Å². The Balaban J connectivity index is 2.02. The molecule has 0 aromatic heterocycles. The Bertz CT molecular complexity index is 173. The highest BCUT2D eigenvalue weighted by molar-refractivity contribution is 4.98. The zero-order valence-corrected chi connectivity index (χ0v) is 9.58. The molecule has 15 heavy (non-hydrogen) atoms. The molecule has 0 saturated heterocycles. The summed E-state index contributed by atoms with van der Waals surface area (Å²) in [5.41, 5.74) is 5.50. The van der Waals surface area contributed by atoms with Gasteiger partial charge in [0.15, 0.2) is 0 Å². The van der Waals surface area contributed by atoms with Gasteiger partial charge in [0.25, 0.3) is 0 Å². The van der Waals surface area contributed by atoms with Crippen molar-refractivity contribution in [2.45, 2.75) is 31.7 Å². The lowest BCUT2D eigenvalue weighted by Crippen LogP contribution is -2.50. The van der Waals surface area contributed by atoms with E-state index < -0.39 is 5.54 Å². The highest BCUT2D eigenvalue weighted by atomic mass is 16.5. The first-order chi connectivity index (χ1) is 7.23. The molecule has 3 N–H and O–H groups in total. The van der Waals surface area contributed by atoms with Crippen LogP contribution in [0.15, 0.2) is 0 Å². The SMILES string of the molecule is CCCOCCOCC(N)(CO)C1CC1. The number of nitrogens with two attached hydrogens (primary N) is 1. The van der Waals surface area contributed by atoms with Crippen molar-refractivity contribution in [2.24, 2.45) is 11.7 Å². The zero-order chi connectivity index (χ0) is 11.1. The van der Waals surface area contributed by atoms with Gasteiger partial charge in [0.05, 0.1) is 32.0 Å². The van der Waals surface area contributed by atoms with Crippen molar-refractivity contribution in [1.29, 1.82) is 0 Å². The Hall–Kier alpha value is -0.160. The molecule has 0 aromatic rings. The van der Waals surface area contributed by atoms with E-state index in [0.29, 0.717) is 25.7 Å². The van der Waals surface area contributed by atoms with Gasteiger partial charge in [0.1, 0.15) is 0 Å². The van der Waals surface area contributed by atoms with E-state index >= 15 is 0 Å². The first-order valence-corrected chi connectivity index (χ1v) is 5.78. The molecule has 1 rings (SSSR count). The van der Waals surface area contributed by atoms with Gasteiger partial charge in [-0.3, -0.25) is 0 Å². The second-order valence-electron chi connectivity index (χ2n) is 4.33. The monoisotopic (exact) mass is 217 g/mol. The maximum absolute atomic E-state index is 9.20. The van der Waals surface area contributed by atoms with Crippen molar-refractivity contribution < 1.29 is 14.6 Å². The lowest BCUT2D eigenvalue weighted by atomic mass is 9.97. The third-order valence-electron chi connectivity index (χ3n) is 2.78. The molecule has 90 valence electrons. The average Bonchev–Trinajstić information content (AvgIpc) is 3.07. The molecule has 1 fully saturated rings. The van der Waals surface area contributed by atoms with Crippen molar-refractivity contribution in [3.8, 4) is 0 Å².